The minimum atomic E-state index is -0.880. The zero-order chi connectivity index (χ0) is 58.4. The topological polar surface area (TPSA) is 69.6 Å². The van der Waals surface area contributed by atoms with Gasteiger partial charge in [-0.3, -0.25) is 4.79 Å². The second-order valence-corrected chi connectivity index (χ2v) is 22.5. The highest BCUT2D eigenvalue weighted by atomic mass is 16.3. The van der Waals surface area contributed by atoms with Gasteiger partial charge < -0.3 is 15.5 Å². The number of hydrogen-bond donors (Lipinski definition) is 3. The minimum Gasteiger partial charge on any atom is -0.394 e. The Kier molecular flexibility index (Phi) is 66.8. The van der Waals surface area contributed by atoms with Crippen LogP contribution >= 0.6 is 0 Å². The van der Waals surface area contributed by atoms with Crippen LogP contribution in [0.5, 0.6) is 0 Å². The molecule has 2 atom stereocenters. The second kappa shape index (κ2) is 70.3. The van der Waals surface area contributed by atoms with Crippen molar-refractivity contribution >= 4 is 5.91 Å². The highest BCUT2D eigenvalue weighted by molar-refractivity contribution is 5.76. The predicted octanol–water partition coefficient (Wildman–Crippen LogP) is 23.6. The van der Waals surface area contributed by atoms with Gasteiger partial charge in [-0.15, -0.1) is 0 Å². The molecule has 3 N–H and O–H groups in total. The maximum Gasteiger partial charge on any atom is 0.220 e. The van der Waals surface area contributed by atoms with Crippen molar-refractivity contribution in [3.05, 3.63) is 158 Å². The molecule has 0 aromatic carbocycles. The number of allylic oxidation sites excluding steroid dienone is 25. The first kappa shape index (κ1) is 77.0. The molecule has 4 nitrogen and oxygen atoms in total. The first-order valence-electron chi connectivity index (χ1n) is 34.2. The van der Waals surface area contributed by atoms with Crippen LogP contribution in [0.15, 0.2) is 158 Å². The Hall–Kier alpha value is -3.99. The summed E-state index contributed by atoms with van der Waals surface area (Å²) in [5.74, 6) is -0.0888. The number of unbranched alkanes of at least 4 members (excludes halogenated alkanes) is 30. The molecule has 0 aromatic heterocycles. The number of nitrogens with one attached hydrogen (secondary N) is 1. The molecule has 0 spiro atoms. The van der Waals surface area contributed by atoms with E-state index >= 15 is 0 Å². The van der Waals surface area contributed by atoms with Crippen LogP contribution in [0, 0.1) is 0 Å². The van der Waals surface area contributed by atoms with E-state index in [0.29, 0.717) is 6.42 Å². The fourth-order valence-corrected chi connectivity index (χ4v) is 9.61. The summed E-state index contributed by atoms with van der Waals surface area (Å²) in [6, 6.07) is -0.658. The zero-order valence-corrected chi connectivity index (χ0v) is 53.0. The number of carbonyl (C=O) groups excluding carboxylic acids is 1. The van der Waals surface area contributed by atoms with Crippen LogP contribution in [0.2, 0.25) is 0 Å². The smallest absolute Gasteiger partial charge is 0.220 e. The fraction of sp³-hybridized carbons (Fsp3) is 0.649. The lowest BCUT2D eigenvalue weighted by Crippen LogP contribution is -2.45. The summed E-state index contributed by atoms with van der Waals surface area (Å²) < 4.78 is 0. The second-order valence-electron chi connectivity index (χ2n) is 22.5. The molecule has 0 aliphatic carbocycles. The third-order valence-corrected chi connectivity index (χ3v) is 14.7. The maximum atomic E-state index is 12.5. The van der Waals surface area contributed by atoms with E-state index in [2.05, 4.69) is 165 Å². The van der Waals surface area contributed by atoms with Crippen LogP contribution in [-0.2, 0) is 4.79 Å². The van der Waals surface area contributed by atoms with Gasteiger partial charge in [0.2, 0.25) is 5.91 Å². The van der Waals surface area contributed by atoms with Gasteiger partial charge in [-0.2, -0.15) is 0 Å². The SMILES string of the molecule is CC/C=C\C/C=C\C/C=C\C/C=C\C/C=C\C/C=C\C/C=C\C/C=C\C/C=C\C/C=C\C/C=C\CCCCCCCCCC(=O)NC(CO)C(O)/C=C/CC/C=C/CCCCCCCCCCCCCCCCCCCCCCCC. The molecule has 81 heavy (non-hydrogen) atoms. The molecule has 0 radical (unpaired) electrons. The van der Waals surface area contributed by atoms with Crippen molar-refractivity contribution in [3.63, 3.8) is 0 Å². The molecule has 460 valence electrons. The van der Waals surface area contributed by atoms with E-state index in [1.165, 1.54) is 167 Å². The number of amides is 1. The van der Waals surface area contributed by atoms with E-state index in [-0.39, 0.29) is 12.5 Å². The molecule has 0 fully saturated rings. The Labute approximate surface area is 503 Å². The van der Waals surface area contributed by atoms with Crippen molar-refractivity contribution < 1.29 is 15.0 Å². The Balaban J connectivity index is 3.64. The molecular formula is C77H129NO3. The molecule has 1 amide bonds. The average Bonchev–Trinajstić information content (AvgIpc) is 3.47. The lowest BCUT2D eigenvalue weighted by Gasteiger charge is -2.19. The Morgan fingerprint density at radius 3 is 0.864 bits per heavy atom. The summed E-state index contributed by atoms with van der Waals surface area (Å²) in [4.78, 5) is 12.5. The van der Waals surface area contributed by atoms with E-state index in [4.69, 9.17) is 0 Å². The van der Waals surface area contributed by atoms with Gasteiger partial charge in [0.15, 0.2) is 0 Å². The van der Waals surface area contributed by atoms with Gasteiger partial charge in [-0.25, -0.2) is 0 Å². The summed E-state index contributed by atoms with van der Waals surface area (Å²) in [5, 5.41) is 23.2. The fourth-order valence-electron chi connectivity index (χ4n) is 9.61. The maximum absolute atomic E-state index is 12.5. The van der Waals surface area contributed by atoms with E-state index in [0.717, 1.165) is 116 Å². The van der Waals surface area contributed by atoms with E-state index in [9.17, 15) is 15.0 Å². The number of aliphatic hydroxyl groups is 2. The van der Waals surface area contributed by atoms with Crippen molar-refractivity contribution in [1.29, 1.82) is 0 Å². The Morgan fingerprint density at radius 2 is 0.556 bits per heavy atom. The summed E-state index contributed by atoms with van der Waals surface area (Å²) >= 11 is 0. The van der Waals surface area contributed by atoms with Gasteiger partial charge in [0.05, 0.1) is 18.8 Å². The summed E-state index contributed by atoms with van der Waals surface area (Å²) in [7, 11) is 0. The summed E-state index contributed by atoms with van der Waals surface area (Å²) in [5.41, 5.74) is 0. The van der Waals surface area contributed by atoms with Crippen LogP contribution in [-0.4, -0.2) is 34.9 Å². The Morgan fingerprint density at radius 1 is 0.309 bits per heavy atom. The third-order valence-electron chi connectivity index (χ3n) is 14.7. The first-order valence-corrected chi connectivity index (χ1v) is 34.2. The molecule has 0 aromatic rings. The van der Waals surface area contributed by atoms with Crippen molar-refractivity contribution in [2.75, 3.05) is 6.61 Å². The number of carbonyl (C=O) groups is 1. The van der Waals surface area contributed by atoms with Gasteiger partial charge >= 0.3 is 0 Å². The molecule has 0 saturated heterocycles. The lowest BCUT2D eigenvalue weighted by molar-refractivity contribution is -0.123. The molecule has 4 heteroatoms. The van der Waals surface area contributed by atoms with E-state index < -0.39 is 12.1 Å². The average molecular weight is 1120 g/mol. The van der Waals surface area contributed by atoms with Crippen molar-refractivity contribution in [3.8, 4) is 0 Å². The molecule has 0 rings (SSSR count). The Bertz CT molecular complexity index is 1690. The zero-order valence-electron chi connectivity index (χ0n) is 53.0. The molecule has 0 aliphatic heterocycles. The molecule has 0 aliphatic rings. The monoisotopic (exact) mass is 1120 g/mol. The standard InChI is InChI=1S/C77H129NO3/c1-3-5-7-9-11-13-15-17-19-21-23-25-27-29-31-33-34-35-36-37-38-39-40-41-42-43-44-45-47-49-51-53-55-57-59-61-63-65-67-69-71-73-77(81)78-75(74-79)76(80)72-70-68-66-64-62-60-58-56-54-52-50-48-46-32-30-28-26-24-22-20-18-16-14-12-10-8-6-4-2/h5,7,11,13,17,19,23,25,29,31,34-35,37-38,40-41,43-44,47,49,53,55,62,64,70,72,75-76,79-80H,3-4,6,8-10,12,14-16,18,20-22,24,26-28,30,32-33,36,39,42,45-46,48,50-52,54,56-61,63,65-69,71,73-74H2,1-2H3,(H,78,81)/b7-5-,13-11-,19-17-,25-23-,31-29-,35-34-,38-37-,41-40-,44-43-,49-47-,55-53-,64-62+,72-70+. The van der Waals surface area contributed by atoms with Crippen molar-refractivity contribution in [2.24, 2.45) is 0 Å². The largest absolute Gasteiger partial charge is 0.394 e. The normalized spacial score (nSPS) is 13.8. The summed E-state index contributed by atoms with van der Waals surface area (Å²) in [6.07, 6.45) is 112. The van der Waals surface area contributed by atoms with Gasteiger partial charge in [-0.05, 0) is 116 Å². The van der Waals surface area contributed by atoms with E-state index in [1.54, 1.807) is 6.08 Å². The van der Waals surface area contributed by atoms with Crippen molar-refractivity contribution in [2.45, 2.75) is 315 Å². The van der Waals surface area contributed by atoms with Crippen LogP contribution in [0.3, 0.4) is 0 Å². The first-order chi connectivity index (χ1) is 40.2. The van der Waals surface area contributed by atoms with Crippen molar-refractivity contribution in [1.82, 2.24) is 5.32 Å². The van der Waals surface area contributed by atoms with Crippen LogP contribution in [0.25, 0.3) is 0 Å². The van der Waals surface area contributed by atoms with E-state index in [1.807, 2.05) is 6.08 Å². The van der Waals surface area contributed by atoms with Gasteiger partial charge in [0, 0.05) is 6.42 Å². The minimum absolute atomic E-state index is 0.0888. The molecule has 2 unspecified atom stereocenters. The predicted molar refractivity (Wildman–Crippen MR) is 363 cm³/mol. The van der Waals surface area contributed by atoms with Gasteiger partial charge in [0.1, 0.15) is 0 Å². The molecule has 0 heterocycles. The highest BCUT2D eigenvalue weighted by Crippen LogP contribution is 2.17. The quantitative estimate of drug-likeness (QED) is 0.0420. The van der Waals surface area contributed by atoms with Crippen LogP contribution < -0.4 is 5.32 Å². The number of rotatable bonds is 61. The van der Waals surface area contributed by atoms with Crippen LogP contribution in [0.4, 0.5) is 0 Å². The molecular weight excluding hydrogens is 987 g/mol. The number of hydrogen-bond acceptors (Lipinski definition) is 3. The third kappa shape index (κ3) is 66.7. The highest BCUT2D eigenvalue weighted by Gasteiger charge is 2.18. The van der Waals surface area contributed by atoms with Gasteiger partial charge in [0.25, 0.3) is 0 Å². The summed E-state index contributed by atoms with van der Waals surface area (Å²) in [6.45, 7) is 4.19. The van der Waals surface area contributed by atoms with Gasteiger partial charge in [-0.1, -0.05) is 339 Å². The number of aliphatic hydroxyl groups excluding tert-OH is 2. The van der Waals surface area contributed by atoms with Crippen LogP contribution in [0.1, 0.15) is 303 Å². The lowest BCUT2D eigenvalue weighted by atomic mass is 10.0. The molecule has 0 bridgehead atoms. The molecule has 0 saturated carbocycles.